The Hall–Kier alpha value is -4.98. The molecule has 1 heterocycles. The maximum absolute atomic E-state index is 14.4. The molecule has 4 aromatic carbocycles. The van der Waals surface area contributed by atoms with Crippen molar-refractivity contribution in [3.05, 3.63) is 119 Å². The van der Waals surface area contributed by atoms with Gasteiger partial charge in [-0.2, -0.15) is 0 Å². The predicted molar refractivity (Wildman–Crippen MR) is 161 cm³/mol. The molecule has 43 heavy (non-hydrogen) atoms. The first-order valence-corrected chi connectivity index (χ1v) is 14.2. The number of methoxy groups -OCH3 is 2. The van der Waals surface area contributed by atoms with E-state index in [4.69, 9.17) is 23.7 Å². The predicted octanol–water partition coefficient (Wildman–Crippen LogP) is 5.92. The van der Waals surface area contributed by atoms with Gasteiger partial charge in [0.1, 0.15) is 24.1 Å². The molecule has 8 heteroatoms. The van der Waals surface area contributed by atoms with Gasteiger partial charge in [-0.3, -0.25) is 4.79 Å². The SMILES string of the molecule is CCOC(=O)C1Cc2c(ccc(OC)c2OCc2ccccc2)CN1C(=O)C(Oc1ccc(OC)cc1)c1ccccc1. The Labute approximate surface area is 251 Å². The summed E-state index contributed by atoms with van der Waals surface area (Å²) in [6.07, 6.45) is -0.800. The van der Waals surface area contributed by atoms with E-state index in [9.17, 15) is 9.59 Å². The van der Waals surface area contributed by atoms with Crippen LogP contribution in [0.4, 0.5) is 0 Å². The number of benzene rings is 4. The van der Waals surface area contributed by atoms with Crippen LogP contribution >= 0.6 is 0 Å². The van der Waals surface area contributed by atoms with Gasteiger partial charge in [-0.25, -0.2) is 4.79 Å². The van der Waals surface area contributed by atoms with Crippen LogP contribution in [0.25, 0.3) is 0 Å². The van der Waals surface area contributed by atoms with Gasteiger partial charge in [0.15, 0.2) is 11.5 Å². The van der Waals surface area contributed by atoms with E-state index in [2.05, 4.69) is 0 Å². The minimum Gasteiger partial charge on any atom is -0.497 e. The molecule has 0 bridgehead atoms. The fourth-order valence-electron chi connectivity index (χ4n) is 5.18. The number of fused-ring (bicyclic) bond motifs is 1. The first kappa shape index (κ1) is 29.5. The Morgan fingerprint density at radius 3 is 2.16 bits per heavy atom. The van der Waals surface area contributed by atoms with Gasteiger partial charge in [0.25, 0.3) is 5.91 Å². The molecular formula is C35H35NO7. The fourth-order valence-corrected chi connectivity index (χ4v) is 5.18. The van der Waals surface area contributed by atoms with E-state index in [1.54, 1.807) is 50.3 Å². The molecule has 0 radical (unpaired) electrons. The summed E-state index contributed by atoms with van der Waals surface area (Å²) in [5.74, 6) is 1.43. The molecule has 222 valence electrons. The molecule has 4 aromatic rings. The highest BCUT2D eigenvalue weighted by molar-refractivity contribution is 5.89. The molecule has 1 aliphatic rings. The van der Waals surface area contributed by atoms with Gasteiger partial charge in [-0.05, 0) is 48.4 Å². The van der Waals surface area contributed by atoms with Crippen molar-refractivity contribution in [2.45, 2.75) is 38.6 Å². The van der Waals surface area contributed by atoms with Crippen molar-refractivity contribution in [2.75, 3.05) is 20.8 Å². The molecule has 0 saturated carbocycles. The molecule has 0 spiro atoms. The van der Waals surface area contributed by atoms with Gasteiger partial charge in [0, 0.05) is 24.1 Å². The monoisotopic (exact) mass is 581 g/mol. The number of ether oxygens (including phenoxy) is 5. The van der Waals surface area contributed by atoms with Crippen LogP contribution in [0.15, 0.2) is 97.1 Å². The summed E-state index contributed by atoms with van der Waals surface area (Å²) in [4.78, 5) is 29.3. The Morgan fingerprint density at radius 1 is 0.837 bits per heavy atom. The van der Waals surface area contributed by atoms with Crippen molar-refractivity contribution in [2.24, 2.45) is 0 Å². The molecule has 2 unspecified atom stereocenters. The van der Waals surface area contributed by atoms with E-state index in [0.29, 0.717) is 35.2 Å². The molecule has 0 aliphatic carbocycles. The number of rotatable bonds is 11. The molecule has 0 saturated heterocycles. The third-order valence-electron chi connectivity index (χ3n) is 7.36. The number of carbonyl (C=O) groups is 2. The lowest BCUT2D eigenvalue weighted by molar-refractivity contribution is -0.158. The number of amides is 1. The first-order valence-electron chi connectivity index (χ1n) is 14.2. The number of carbonyl (C=O) groups excluding carboxylic acids is 2. The quantitative estimate of drug-likeness (QED) is 0.203. The van der Waals surface area contributed by atoms with E-state index < -0.39 is 18.1 Å². The Morgan fingerprint density at radius 2 is 1.51 bits per heavy atom. The standard InChI is InChI=1S/C35H35NO7/c1-4-41-35(38)30-21-29-26(15-20-31(40-3)33(29)42-23-24-11-7-5-8-12-24)22-36(30)34(37)32(25-13-9-6-10-14-25)43-28-18-16-27(39-2)17-19-28/h5-20,30,32H,4,21-23H2,1-3H3. The largest absolute Gasteiger partial charge is 0.497 e. The molecule has 0 fully saturated rings. The number of nitrogens with zero attached hydrogens (tertiary/aromatic N) is 1. The molecule has 5 rings (SSSR count). The molecule has 1 amide bonds. The molecule has 1 aliphatic heterocycles. The first-order chi connectivity index (χ1) is 21.0. The third-order valence-corrected chi connectivity index (χ3v) is 7.36. The summed E-state index contributed by atoms with van der Waals surface area (Å²) in [5.41, 5.74) is 3.33. The van der Waals surface area contributed by atoms with Crippen LogP contribution in [-0.4, -0.2) is 43.6 Å². The van der Waals surface area contributed by atoms with Crippen LogP contribution in [0.3, 0.4) is 0 Å². The smallest absolute Gasteiger partial charge is 0.329 e. The van der Waals surface area contributed by atoms with E-state index in [1.807, 2.05) is 72.8 Å². The maximum Gasteiger partial charge on any atom is 0.329 e. The van der Waals surface area contributed by atoms with E-state index in [0.717, 1.165) is 16.7 Å². The van der Waals surface area contributed by atoms with Crippen LogP contribution in [0.2, 0.25) is 0 Å². The highest BCUT2D eigenvalue weighted by Crippen LogP contribution is 2.40. The van der Waals surface area contributed by atoms with Crippen molar-refractivity contribution in [1.29, 1.82) is 0 Å². The molecule has 0 N–H and O–H groups in total. The lowest BCUT2D eigenvalue weighted by Crippen LogP contribution is -2.51. The maximum atomic E-state index is 14.4. The van der Waals surface area contributed by atoms with Crippen molar-refractivity contribution in [3.8, 4) is 23.0 Å². The molecule has 2 atom stereocenters. The lowest BCUT2D eigenvalue weighted by atomic mass is 9.91. The zero-order valence-corrected chi connectivity index (χ0v) is 24.5. The van der Waals surface area contributed by atoms with Crippen LogP contribution < -0.4 is 18.9 Å². The molecule has 8 nitrogen and oxygen atoms in total. The van der Waals surface area contributed by atoms with E-state index in [1.165, 1.54) is 0 Å². The summed E-state index contributed by atoms with van der Waals surface area (Å²) in [6.45, 7) is 2.42. The minimum atomic E-state index is -1.000. The lowest BCUT2D eigenvalue weighted by Gasteiger charge is -2.38. The normalized spacial score (nSPS) is 14.7. The average molecular weight is 582 g/mol. The highest BCUT2D eigenvalue weighted by atomic mass is 16.5. The Bertz CT molecular complexity index is 1520. The zero-order chi connectivity index (χ0) is 30.2. The molecular weight excluding hydrogens is 546 g/mol. The van der Waals surface area contributed by atoms with Crippen LogP contribution in [0, 0.1) is 0 Å². The summed E-state index contributed by atoms with van der Waals surface area (Å²) in [5, 5.41) is 0. The Balaban J connectivity index is 1.50. The van der Waals surface area contributed by atoms with Crippen molar-refractivity contribution >= 4 is 11.9 Å². The number of hydrogen-bond acceptors (Lipinski definition) is 7. The van der Waals surface area contributed by atoms with Gasteiger partial charge in [0.2, 0.25) is 6.10 Å². The van der Waals surface area contributed by atoms with Crippen molar-refractivity contribution in [3.63, 3.8) is 0 Å². The summed E-state index contributed by atoms with van der Waals surface area (Å²) in [7, 11) is 3.17. The topological polar surface area (TPSA) is 83.5 Å². The van der Waals surface area contributed by atoms with Crippen LogP contribution in [0.1, 0.15) is 35.3 Å². The summed E-state index contributed by atoms with van der Waals surface area (Å²) in [6, 6.07) is 29.0. The van der Waals surface area contributed by atoms with Gasteiger partial charge < -0.3 is 28.6 Å². The van der Waals surface area contributed by atoms with Gasteiger partial charge >= 0.3 is 5.97 Å². The van der Waals surface area contributed by atoms with Gasteiger partial charge in [0.05, 0.1) is 20.8 Å². The minimum absolute atomic E-state index is 0.165. The summed E-state index contributed by atoms with van der Waals surface area (Å²) >= 11 is 0. The van der Waals surface area contributed by atoms with Crippen molar-refractivity contribution in [1.82, 2.24) is 4.90 Å². The van der Waals surface area contributed by atoms with Gasteiger partial charge in [-0.15, -0.1) is 0 Å². The second-order valence-corrected chi connectivity index (χ2v) is 10.0. The number of hydrogen-bond donors (Lipinski definition) is 0. The molecule has 0 aromatic heterocycles. The second kappa shape index (κ2) is 13.8. The van der Waals surface area contributed by atoms with Gasteiger partial charge in [-0.1, -0.05) is 66.7 Å². The third kappa shape index (κ3) is 6.75. The average Bonchev–Trinajstić information content (AvgIpc) is 3.06. The second-order valence-electron chi connectivity index (χ2n) is 10.0. The number of esters is 1. The van der Waals surface area contributed by atoms with E-state index >= 15 is 0 Å². The summed E-state index contributed by atoms with van der Waals surface area (Å²) < 4.78 is 29.0. The fraction of sp³-hybridized carbons (Fsp3) is 0.257. The van der Waals surface area contributed by atoms with E-state index in [-0.39, 0.29) is 25.5 Å². The Kier molecular flexibility index (Phi) is 9.46. The highest BCUT2D eigenvalue weighted by Gasteiger charge is 2.41. The zero-order valence-electron chi connectivity index (χ0n) is 24.5. The van der Waals surface area contributed by atoms with Crippen LogP contribution in [0.5, 0.6) is 23.0 Å². The van der Waals surface area contributed by atoms with Crippen molar-refractivity contribution < 1.29 is 33.3 Å². The van der Waals surface area contributed by atoms with Crippen LogP contribution in [-0.2, 0) is 33.9 Å².